The average molecular weight is 358 g/mol. The maximum Gasteiger partial charge on any atom is 0.274 e. The van der Waals surface area contributed by atoms with Crippen molar-refractivity contribution >= 4 is 29.1 Å². The van der Waals surface area contributed by atoms with E-state index in [1.807, 2.05) is 30.3 Å². The Morgan fingerprint density at radius 1 is 1.20 bits per heavy atom. The lowest BCUT2D eigenvalue weighted by molar-refractivity contribution is 0.0928. The van der Waals surface area contributed by atoms with E-state index in [1.165, 1.54) is 0 Å². The van der Waals surface area contributed by atoms with Gasteiger partial charge in [0, 0.05) is 18.5 Å². The van der Waals surface area contributed by atoms with Gasteiger partial charge in [0.1, 0.15) is 5.76 Å². The first-order valence-corrected chi connectivity index (χ1v) is 8.21. The van der Waals surface area contributed by atoms with Crippen LogP contribution in [0.3, 0.4) is 0 Å². The number of aromatic nitrogens is 1. The van der Waals surface area contributed by atoms with E-state index in [4.69, 9.17) is 10.3 Å². The van der Waals surface area contributed by atoms with Gasteiger partial charge in [-0.05, 0) is 35.2 Å². The van der Waals surface area contributed by atoms with Gasteiger partial charge >= 0.3 is 0 Å². The lowest BCUT2D eigenvalue weighted by atomic mass is 10.0. The number of carbonyl (C=O) groups excluding carboxylic acids is 1. The summed E-state index contributed by atoms with van der Waals surface area (Å²) in [4.78, 5) is 12.4. The van der Waals surface area contributed by atoms with Gasteiger partial charge in [0.2, 0.25) is 0 Å². The summed E-state index contributed by atoms with van der Waals surface area (Å²) in [6.07, 6.45) is 2.22. The van der Waals surface area contributed by atoms with Gasteiger partial charge < -0.3 is 15.6 Å². The lowest BCUT2D eigenvalue weighted by Gasteiger charge is -2.17. The summed E-state index contributed by atoms with van der Waals surface area (Å²) in [5, 5.41) is 9.12. The van der Waals surface area contributed by atoms with Crippen LogP contribution < -0.4 is 11.1 Å². The van der Waals surface area contributed by atoms with Crippen molar-refractivity contribution in [1.82, 2.24) is 10.5 Å². The first kappa shape index (κ1) is 17.5. The first-order chi connectivity index (χ1) is 11.7. The summed E-state index contributed by atoms with van der Waals surface area (Å²) in [6.45, 7) is 0.317. The molecule has 0 spiro atoms. The Morgan fingerprint density at radius 2 is 1.96 bits per heavy atom. The highest BCUT2D eigenvalue weighted by Crippen LogP contribution is 2.40. The number of fused-ring (bicyclic) bond motifs is 1. The van der Waals surface area contributed by atoms with E-state index in [0.29, 0.717) is 18.2 Å². The number of nitrogens with zero attached hydrogens (tertiary/aromatic N) is 1. The number of nitrogens with two attached hydrogens (primary N) is 1. The van der Waals surface area contributed by atoms with Crippen LogP contribution >= 0.6 is 12.4 Å². The zero-order chi connectivity index (χ0) is 16.5. The van der Waals surface area contributed by atoms with Crippen molar-refractivity contribution < 1.29 is 9.32 Å². The van der Waals surface area contributed by atoms with Gasteiger partial charge in [-0.15, -0.1) is 12.4 Å². The molecule has 0 bridgehead atoms. The third-order valence-corrected chi connectivity index (χ3v) is 4.46. The van der Waals surface area contributed by atoms with Gasteiger partial charge in [-0.2, -0.15) is 0 Å². The lowest BCUT2D eigenvalue weighted by Crippen LogP contribution is -2.33. The predicted molar refractivity (Wildman–Crippen MR) is 98.9 cm³/mol. The Morgan fingerprint density at radius 3 is 2.68 bits per heavy atom. The van der Waals surface area contributed by atoms with Gasteiger partial charge in [0.15, 0.2) is 5.69 Å². The average Bonchev–Trinajstić information content (AvgIpc) is 3.36. The molecule has 0 radical (unpaired) electrons. The summed E-state index contributed by atoms with van der Waals surface area (Å²) in [7, 11) is 0. The standard InChI is InChI=1S/C19H19N3O2.ClH/c20-11-17(15-8-5-12-3-1-2-4-14(12)9-15)21-19(23)16-10-18(24-22-16)13-6-7-13;/h1-5,8-10,13,17H,6-7,11,20H2,(H,21,23);1H. The molecular formula is C19H20ClN3O2. The van der Waals surface area contributed by atoms with Gasteiger partial charge in [0.25, 0.3) is 5.91 Å². The molecule has 1 atom stereocenters. The van der Waals surface area contributed by atoms with Crippen molar-refractivity contribution in [3.63, 3.8) is 0 Å². The number of benzene rings is 2. The number of amides is 1. The fourth-order valence-corrected chi connectivity index (χ4v) is 2.89. The Labute approximate surface area is 152 Å². The maximum atomic E-state index is 12.4. The molecule has 1 aromatic heterocycles. The molecule has 1 aliphatic rings. The summed E-state index contributed by atoms with van der Waals surface area (Å²) in [5.41, 5.74) is 7.18. The zero-order valence-corrected chi connectivity index (χ0v) is 14.5. The van der Waals surface area contributed by atoms with E-state index in [-0.39, 0.29) is 24.4 Å². The monoisotopic (exact) mass is 357 g/mol. The number of hydrogen-bond acceptors (Lipinski definition) is 4. The molecule has 5 nitrogen and oxygen atoms in total. The molecule has 1 saturated carbocycles. The molecule has 1 unspecified atom stereocenters. The number of nitrogens with one attached hydrogen (secondary N) is 1. The van der Waals surface area contributed by atoms with Crippen LogP contribution in [-0.2, 0) is 0 Å². The first-order valence-electron chi connectivity index (χ1n) is 8.21. The molecule has 3 aromatic rings. The second kappa shape index (κ2) is 7.25. The molecule has 3 N–H and O–H groups in total. The van der Waals surface area contributed by atoms with E-state index >= 15 is 0 Å². The molecule has 4 rings (SSSR count). The molecule has 6 heteroatoms. The van der Waals surface area contributed by atoms with Gasteiger partial charge in [0.05, 0.1) is 6.04 Å². The zero-order valence-electron chi connectivity index (χ0n) is 13.6. The third-order valence-electron chi connectivity index (χ3n) is 4.46. The summed E-state index contributed by atoms with van der Waals surface area (Å²) >= 11 is 0. The van der Waals surface area contributed by atoms with E-state index in [0.717, 1.165) is 34.9 Å². The van der Waals surface area contributed by atoms with Gasteiger partial charge in [-0.3, -0.25) is 4.79 Å². The van der Waals surface area contributed by atoms with Crippen molar-refractivity contribution in [2.45, 2.75) is 24.8 Å². The van der Waals surface area contributed by atoms with Crippen molar-refractivity contribution in [2.24, 2.45) is 5.73 Å². The van der Waals surface area contributed by atoms with Crippen molar-refractivity contribution in [3.05, 3.63) is 65.5 Å². The molecular weight excluding hydrogens is 338 g/mol. The molecule has 130 valence electrons. The fourth-order valence-electron chi connectivity index (χ4n) is 2.89. The number of rotatable bonds is 5. The van der Waals surface area contributed by atoms with Crippen LogP contribution in [0, 0.1) is 0 Å². The SMILES string of the molecule is Cl.NCC(NC(=O)c1cc(C2CC2)on1)c1ccc2ccccc2c1. The summed E-state index contributed by atoms with van der Waals surface area (Å²) < 4.78 is 5.25. The normalized spacial score (nSPS) is 14.8. The number of halogens is 1. The van der Waals surface area contributed by atoms with Crippen molar-refractivity contribution in [3.8, 4) is 0 Å². The van der Waals surface area contributed by atoms with Crippen LogP contribution in [-0.4, -0.2) is 17.6 Å². The largest absolute Gasteiger partial charge is 0.360 e. The second-order valence-electron chi connectivity index (χ2n) is 6.26. The highest BCUT2D eigenvalue weighted by atomic mass is 35.5. The van der Waals surface area contributed by atoms with Gasteiger partial charge in [-0.1, -0.05) is 41.6 Å². The number of hydrogen-bond donors (Lipinski definition) is 2. The molecule has 1 amide bonds. The summed E-state index contributed by atoms with van der Waals surface area (Å²) in [6, 6.07) is 15.7. The van der Waals surface area contributed by atoms with E-state index in [9.17, 15) is 4.79 Å². The van der Waals surface area contributed by atoms with Crippen molar-refractivity contribution in [1.29, 1.82) is 0 Å². The maximum absolute atomic E-state index is 12.4. The fraction of sp³-hybridized carbons (Fsp3) is 0.263. The molecule has 1 fully saturated rings. The predicted octanol–water partition coefficient (Wildman–Crippen LogP) is 3.56. The minimum Gasteiger partial charge on any atom is -0.360 e. The van der Waals surface area contributed by atoms with Crippen LogP contribution in [0.4, 0.5) is 0 Å². The minimum absolute atomic E-state index is 0. The highest BCUT2D eigenvalue weighted by molar-refractivity contribution is 5.92. The quantitative estimate of drug-likeness (QED) is 0.731. The Hall–Kier alpha value is -2.37. The number of carbonyl (C=O) groups is 1. The second-order valence-corrected chi connectivity index (χ2v) is 6.26. The topological polar surface area (TPSA) is 81.1 Å². The van der Waals surface area contributed by atoms with Crippen LogP contribution in [0.15, 0.2) is 53.1 Å². The molecule has 1 heterocycles. The van der Waals surface area contributed by atoms with Crippen LogP contribution in [0.1, 0.15) is 46.6 Å². The van der Waals surface area contributed by atoms with Gasteiger partial charge in [-0.25, -0.2) is 0 Å². The molecule has 0 aliphatic heterocycles. The molecule has 1 aliphatic carbocycles. The molecule has 2 aromatic carbocycles. The van der Waals surface area contributed by atoms with Crippen LogP contribution in [0.2, 0.25) is 0 Å². The van der Waals surface area contributed by atoms with Crippen LogP contribution in [0.5, 0.6) is 0 Å². The molecule has 0 saturated heterocycles. The van der Waals surface area contributed by atoms with E-state index < -0.39 is 0 Å². The smallest absolute Gasteiger partial charge is 0.274 e. The Bertz CT molecular complexity index is 889. The van der Waals surface area contributed by atoms with E-state index in [1.54, 1.807) is 6.07 Å². The Kier molecular flexibility index (Phi) is 5.06. The Balaban J connectivity index is 0.00000182. The van der Waals surface area contributed by atoms with Crippen molar-refractivity contribution in [2.75, 3.05) is 6.54 Å². The minimum atomic E-state index is -0.261. The summed E-state index contributed by atoms with van der Waals surface area (Å²) in [5.74, 6) is 0.981. The highest BCUT2D eigenvalue weighted by Gasteiger charge is 2.29. The molecule has 25 heavy (non-hydrogen) atoms. The third kappa shape index (κ3) is 3.67. The van der Waals surface area contributed by atoms with E-state index in [2.05, 4.69) is 22.6 Å². The van der Waals surface area contributed by atoms with Crippen LogP contribution in [0.25, 0.3) is 10.8 Å².